The number of halogens is 2. The highest BCUT2D eigenvalue weighted by Gasteiger charge is 2.09. The van der Waals surface area contributed by atoms with Crippen LogP contribution in [0.5, 0.6) is 5.75 Å². The van der Waals surface area contributed by atoms with E-state index in [1.807, 2.05) is 24.3 Å². The summed E-state index contributed by atoms with van der Waals surface area (Å²) in [5, 5.41) is 1.12. The third-order valence-electron chi connectivity index (χ3n) is 4.33. The summed E-state index contributed by atoms with van der Waals surface area (Å²) in [5.41, 5.74) is 2.31. The second-order valence-electron chi connectivity index (χ2n) is 6.24. The molecule has 3 nitrogen and oxygen atoms in total. The number of aryl methyl sites for hydroxylation is 1. The van der Waals surface area contributed by atoms with E-state index in [1.165, 1.54) is 5.56 Å². The van der Waals surface area contributed by atoms with Crippen molar-refractivity contribution in [3.63, 3.8) is 0 Å². The van der Waals surface area contributed by atoms with E-state index in [1.54, 1.807) is 6.07 Å². The predicted octanol–water partition coefficient (Wildman–Crippen LogP) is 4.84. The van der Waals surface area contributed by atoms with E-state index >= 15 is 0 Å². The number of nitrogens with zero attached hydrogens (tertiary/aromatic N) is 1. The van der Waals surface area contributed by atoms with Gasteiger partial charge in [-0.2, -0.15) is 0 Å². The molecule has 0 spiro atoms. The maximum absolute atomic E-state index is 6.04. The molecule has 0 amide bonds. The number of rotatable bonds is 7. The quantitative estimate of drug-likeness (QED) is 0.686. The topological polar surface area (TPSA) is 21.7 Å². The van der Waals surface area contributed by atoms with Crippen molar-refractivity contribution in [1.82, 2.24) is 4.90 Å². The van der Waals surface area contributed by atoms with Gasteiger partial charge >= 0.3 is 0 Å². The van der Waals surface area contributed by atoms with Crippen molar-refractivity contribution in [1.29, 1.82) is 0 Å². The lowest BCUT2D eigenvalue weighted by Crippen LogP contribution is -2.36. The minimum Gasteiger partial charge on any atom is -0.489 e. The van der Waals surface area contributed by atoms with E-state index in [4.69, 9.17) is 32.7 Å². The lowest BCUT2D eigenvalue weighted by atomic mass is 10.1. The summed E-state index contributed by atoms with van der Waals surface area (Å²) in [4.78, 5) is 2.47. The van der Waals surface area contributed by atoms with Gasteiger partial charge in [0.2, 0.25) is 0 Å². The van der Waals surface area contributed by atoms with E-state index in [9.17, 15) is 0 Å². The lowest BCUT2D eigenvalue weighted by Gasteiger charge is -2.26. The van der Waals surface area contributed by atoms with Crippen LogP contribution in [0.2, 0.25) is 10.0 Å². The molecule has 0 atom stereocenters. The van der Waals surface area contributed by atoms with Crippen LogP contribution in [0.25, 0.3) is 0 Å². The second-order valence-corrected chi connectivity index (χ2v) is 7.06. The molecule has 5 heteroatoms. The fourth-order valence-corrected chi connectivity index (χ4v) is 3.24. The Bertz CT molecular complexity index is 687. The smallest absolute Gasteiger partial charge is 0.120 e. The highest BCUT2D eigenvalue weighted by atomic mass is 35.5. The first-order valence-corrected chi connectivity index (χ1v) is 9.42. The average Bonchev–Trinajstić information content (AvgIpc) is 2.64. The Morgan fingerprint density at radius 1 is 0.960 bits per heavy atom. The highest BCUT2D eigenvalue weighted by molar-refractivity contribution is 6.42. The number of hydrogen-bond donors (Lipinski definition) is 0. The molecule has 0 N–H and O–H groups in total. The van der Waals surface area contributed by atoms with Gasteiger partial charge < -0.3 is 9.47 Å². The minimum absolute atomic E-state index is 0.480. The van der Waals surface area contributed by atoms with Gasteiger partial charge in [-0.3, -0.25) is 4.90 Å². The Labute approximate surface area is 159 Å². The number of benzene rings is 2. The summed E-state index contributed by atoms with van der Waals surface area (Å²) in [5.74, 6) is 0.884. The van der Waals surface area contributed by atoms with E-state index in [-0.39, 0.29) is 0 Å². The van der Waals surface area contributed by atoms with Crippen LogP contribution < -0.4 is 4.74 Å². The average molecular weight is 380 g/mol. The molecule has 0 saturated carbocycles. The molecule has 0 aliphatic carbocycles. The zero-order valence-corrected chi connectivity index (χ0v) is 15.7. The zero-order chi connectivity index (χ0) is 17.5. The van der Waals surface area contributed by atoms with Gasteiger partial charge in [-0.25, -0.2) is 0 Å². The van der Waals surface area contributed by atoms with Gasteiger partial charge in [0, 0.05) is 13.1 Å². The van der Waals surface area contributed by atoms with Gasteiger partial charge in [-0.1, -0.05) is 41.4 Å². The van der Waals surface area contributed by atoms with E-state index in [0.29, 0.717) is 16.7 Å². The fourth-order valence-electron chi connectivity index (χ4n) is 2.92. The number of ether oxygens (including phenoxy) is 2. The van der Waals surface area contributed by atoms with Crippen LogP contribution in [0.15, 0.2) is 42.5 Å². The van der Waals surface area contributed by atoms with Crippen molar-refractivity contribution in [2.24, 2.45) is 0 Å². The molecule has 2 aromatic rings. The van der Waals surface area contributed by atoms with Crippen LogP contribution >= 0.6 is 23.2 Å². The molecule has 0 unspecified atom stereocenters. The van der Waals surface area contributed by atoms with Crippen molar-refractivity contribution in [3.8, 4) is 5.75 Å². The molecule has 3 rings (SSSR count). The Kier molecular flexibility index (Phi) is 7.00. The molecule has 1 saturated heterocycles. The van der Waals surface area contributed by atoms with Crippen molar-refractivity contribution in [3.05, 3.63) is 63.6 Å². The van der Waals surface area contributed by atoms with Crippen molar-refractivity contribution < 1.29 is 9.47 Å². The zero-order valence-electron chi connectivity index (χ0n) is 14.2. The standard InChI is InChI=1S/C20H23Cl2NO2/c21-19-7-6-17(14-20(19)22)15-25-18-5-1-3-16(13-18)4-2-8-23-9-11-24-12-10-23/h1,3,5-7,13-14H,2,4,8-12,15H2. The van der Waals surface area contributed by atoms with Gasteiger partial charge in [0.1, 0.15) is 12.4 Å². The third kappa shape index (κ3) is 5.89. The SMILES string of the molecule is Clc1ccc(COc2cccc(CCCN3CCOCC3)c2)cc1Cl. The lowest BCUT2D eigenvalue weighted by molar-refractivity contribution is 0.0374. The summed E-state index contributed by atoms with van der Waals surface area (Å²) < 4.78 is 11.3. The van der Waals surface area contributed by atoms with Crippen molar-refractivity contribution in [2.75, 3.05) is 32.8 Å². The molecule has 2 aromatic carbocycles. The van der Waals surface area contributed by atoms with Crippen LogP contribution in [-0.4, -0.2) is 37.7 Å². The van der Waals surface area contributed by atoms with Gasteiger partial charge in [0.25, 0.3) is 0 Å². The van der Waals surface area contributed by atoms with E-state index < -0.39 is 0 Å². The Hall–Kier alpha value is -1.26. The van der Waals surface area contributed by atoms with Gasteiger partial charge in [0.15, 0.2) is 0 Å². The first kappa shape index (κ1) is 18.5. The highest BCUT2D eigenvalue weighted by Crippen LogP contribution is 2.23. The predicted molar refractivity (Wildman–Crippen MR) is 103 cm³/mol. The molecule has 1 aliphatic heterocycles. The summed E-state index contributed by atoms with van der Waals surface area (Å²) in [7, 11) is 0. The maximum Gasteiger partial charge on any atom is 0.120 e. The number of morpholine rings is 1. The van der Waals surface area contributed by atoms with Crippen LogP contribution in [-0.2, 0) is 17.8 Å². The van der Waals surface area contributed by atoms with Crippen LogP contribution in [0.4, 0.5) is 0 Å². The second kappa shape index (κ2) is 9.44. The summed E-state index contributed by atoms with van der Waals surface area (Å²) >= 11 is 12.0. The largest absolute Gasteiger partial charge is 0.489 e. The third-order valence-corrected chi connectivity index (χ3v) is 5.07. The molecule has 1 fully saturated rings. The number of hydrogen-bond acceptors (Lipinski definition) is 3. The van der Waals surface area contributed by atoms with Crippen LogP contribution in [0, 0.1) is 0 Å². The molecule has 0 aromatic heterocycles. The monoisotopic (exact) mass is 379 g/mol. The van der Waals surface area contributed by atoms with Gasteiger partial charge in [-0.15, -0.1) is 0 Å². The summed E-state index contributed by atoms with van der Waals surface area (Å²) in [6, 6.07) is 13.9. The first-order valence-electron chi connectivity index (χ1n) is 8.66. The molecule has 134 valence electrons. The molecule has 1 heterocycles. The maximum atomic E-state index is 6.04. The Balaban J connectivity index is 1.47. The molecular formula is C20H23Cl2NO2. The van der Waals surface area contributed by atoms with E-state index in [2.05, 4.69) is 17.0 Å². The Morgan fingerprint density at radius 2 is 1.80 bits per heavy atom. The Morgan fingerprint density at radius 3 is 2.60 bits per heavy atom. The first-order chi connectivity index (χ1) is 12.2. The van der Waals surface area contributed by atoms with Gasteiger partial charge in [-0.05, 0) is 54.8 Å². The molecule has 25 heavy (non-hydrogen) atoms. The summed E-state index contributed by atoms with van der Waals surface area (Å²) in [6.45, 7) is 5.42. The van der Waals surface area contributed by atoms with Crippen molar-refractivity contribution in [2.45, 2.75) is 19.4 Å². The van der Waals surface area contributed by atoms with Crippen LogP contribution in [0.3, 0.4) is 0 Å². The molecule has 0 radical (unpaired) electrons. The minimum atomic E-state index is 0.480. The molecular weight excluding hydrogens is 357 g/mol. The summed E-state index contributed by atoms with van der Waals surface area (Å²) in [6.07, 6.45) is 2.21. The fraction of sp³-hybridized carbons (Fsp3) is 0.400. The van der Waals surface area contributed by atoms with Crippen molar-refractivity contribution >= 4 is 23.2 Å². The van der Waals surface area contributed by atoms with Crippen LogP contribution in [0.1, 0.15) is 17.5 Å². The van der Waals surface area contributed by atoms with Gasteiger partial charge in [0.05, 0.1) is 23.3 Å². The normalized spacial score (nSPS) is 15.3. The molecule has 1 aliphatic rings. The molecule has 0 bridgehead atoms. The van der Waals surface area contributed by atoms with E-state index in [0.717, 1.165) is 57.0 Å².